The quantitative estimate of drug-likeness (QED) is 0.570. The number of nitrogens with zero attached hydrogens (tertiary/aromatic N) is 3. The Kier molecular flexibility index (Phi) is 2.47. The summed E-state index contributed by atoms with van der Waals surface area (Å²) < 4.78 is 0. The van der Waals surface area contributed by atoms with E-state index in [9.17, 15) is 0 Å². The fourth-order valence-electron chi connectivity index (χ4n) is 1.41. The monoisotopic (exact) mass is 203 g/mol. The summed E-state index contributed by atoms with van der Waals surface area (Å²) >= 11 is 0. The highest BCUT2D eigenvalue weighted by Gasteiger charge is 2.08. The summed E-state index contributed by atoms with van der Waals surface area (Å²) in [5.74, 6) is 5.80. The highest BCUT2D eigenvalue weighted by molar-refractivity contribution is 5.86. The van der Waals surface area contributed by atoms with Crippen molar-refractivity contribution in [3.8, 4) is 0 Å². The van der Waals surface area contributed by atoms with Crippen molar-refractivity contribution in [2.75, 3.05) is 5.43 Å². The molecular weight excluding hydrogens is 190 g/mol. The molecule has 0 aliphatic heterocycles. The van der Waals surface area contributed by atoms with E-state index in [-0.39, 0.29) is 0 Å². The van der Waals surface area contributed by atoms with E-state index >= 15 is 0 Å². The van der Waals surface area contributed by atoms with Crippen molar-refractivity contribution in [2.24, 2.45) is 5.84 Å². The summed E-state index contributed by atoms with van der Waals surface area (Å²) in [7, 11) is 0. The van der Waals surface area contributed by atoms with Gasteiger partial charge < -0.3 is 5.43 Å². The van der Waals surface area contributed by atoms with Crippen molar-refractivity contribution in [1.29, 1.82) is 0 Å². The smallest absolute Gasteiger partial charge is 0.117 e. The van der Waals surface area contributed by atoms with Crippen molar-refractivity contribution in [3.63, 3.8) is 0 Å². The second kappa shape index (κ2) is 3.78. The van der Waals surface area contributed by atoms with Crippen LogP contribution in [0.1, 0.15) is 25.5 Å². The summed E-state index contributed by atoms with van der Waals surface area (Å²) in [5, 5.41) is 0. The zero-order valence-corrected chi connectivity index (χ0v) is 8.73. The van der Waals surface area contributed by atoms with Crippen LogP contribution in [0, 0.1) is 0 Å². The number of fused-ring (bicyclic) bond motifs is 1. The maximum absolute atomic E-state index is 5.45. The average Bonchev–Trinajstić information content (AvgIpc) is 2.27. The third-order valence-electron chi connectivity index (χ3n) is 2.24. The van der Waals surface area contributed by atoms with Gasteiger partial charge in [-0.3, -0.25) is 5.84 Å². The first-order valence-corrected chi connectivity index (χ1v) is 4.79. The Morgan fingerprint density at radius 3 is 2.87 bits per heavy atom. The molecule has 0 radical (unpaired) electrons. The lowest BCUT2D eigenvalue weighted by molar-refractivity contribution is 0.829. The molecule has 0 unspecified atom stereocenters. The van der Waals surface area contributed by atoms with Gasteiger partial charge in [-0.1, -0.05) is 13.8 Å². The van der Waals surface area contributed by atoms with E-state index in [1.165, 1.54) is 6.33 Å². The summed E-state index contributed by atoms with van der Waals surface area (Å²) in [6.45, 7) is 4.16. The van der Waals surface area contributed by atoms with E-state index < -0.39 is 0 Å². The van der Waals surface area contributed by atoms with Crippen LogP contribution in [-0.2, 0) is 0 Å². The van der Waals surface area contributed by atoms with Crippen LogP contribution in [0.5, 0.6) is 0 Å². The molecule has 0 bridgehead atoms. The van der Waals surface area contributed by atoms with Crippen LogP contribution in [0.2, 0.25) is 0 Å². The van der Waals surface area contributed by atoms with Gasteiger partial charge in [-0.15, -0.1) is 0 Å². The summed E-state index contributed by atoms with van der Waals surface area (Å²) in [5.41, 5.74) is 5.90. The minimum Gasteiger partial charge on any atom is -0.322 e. The Labute approximate surface area is 87.7 Å². The lowest BCUT2D eigenvalue weighted by Gasteiger charge is -2.09. The number of pyridine rings is 1. The SMILES string of the molecule is CC(C)c1cc(NN)c2ncncc2n1. The highest BCUT2D eigenvalue weighted by Crippen LogP contribution is 2.23. The fraction of sp³-hybridized carbons (Fsp3) is 0.300. The molecule has 0 aromatic carbocycles. The van der Waals surface area contributed by atoms with Crippen molar-refractivity contribution in [3.05, 3.63) is 24.3 Å². The first kappa shape index (κ1) is 9.79. The van der Waals surface area contributed by atoms with Gasteiger partial charge in [0.15, 0.2) is 0 Å². The number of hydrazine groups is 1. The minimum absolute atomic E-state index is 0.349. The van der Waals surface area contributed by atoms with Crippen LogP contribution in [0.4, 0.5) is 5.69 Å². The average molecular weight is 203 g/mol. The van der Waals surface area contributed by atoms with E-state index in [0.29, 0.717) is 5.92 Å². The molecule has 0 atom stereocenters. The Morgan fingerprint density at radius 1 is 1.40 bits per heavy atom. The summed E-state index contributed by atoms with van der Waals surface area (Å²) in [6.07, 6.45) is 3.18. The summed E-state index contributed by atoms with van der Waals surface area (Å²) in [4.78, 5) is 12.5. The van der Waals surface area contributed by atoms with Gasteiger partial charge in [-0.25, -0.2) is 15.0 Å². The number of nitrogens with two attached hydrogens (primary N) is 1. The topological polar surface area (TPSA) is 76.7 Å². The maximum Gasteiger partial charge on any atom is 0.117 e. The number of hydrogen-bond donors (Lipinski definition) is 2. The Hall–Kier alpha value is -1.75. The van der Waals surface area contributed by atoms with Gasteiger partial charge in [0.1, 0.15) is 17.4 Å². The number of nitrogen functional groups attached to an aromatic ring is 1. The maximum atomic E-state index is 5.45. The van der Waals surface area contributed by atoms with Crippen LogP contribution < -0.4 is 11.3 Å². The van der Waals surface area contributed by atoms with Crippen LogP contribution in [-0.4, -0.2) is 15.0 Å². The van der Waals surface area contributed by atoms with Crippen LogP contribution >= 0.6 is 0 Å². The zero-order chi connectivity index (χ0) is 10.8. The number of nitrogens with one attached hydrogen (secondary N) is 1. The van der Waals surface area contributed by atoms with Crippen LogP contribution in [0.3, 0.4) is 0 Å². The molecule has 2 heterocycles. The van der Waals surface area contributed by atoms with Gasteiger partial charge in [0.05, 0.1) is 11.9 Å². The van der Waals surface area contributed by atoms with E-state index in [1.54, 1.807) is 6.20 Å². The second-order valence-corrected chi connectivity index (χ2v) is 3.65. The molecule has 78 valence electrons. The molecule has 3 N–H and O–H groups in total. The predicted molar refractivity (Wildman–Crippen MR) is 59.2 cm³/mol. The molecular formula is C10H13N5. The van der Waals surface area contributed by atoms with E-state index in [0.717, 1.165) is 22.4 Å². The fourth-order valence-corrected chi connectivity index (χ4v) is 1.41. The first-order chi connectivity index (χ1) is 7.22. The molecule has 0 saturated carbocycles. The van der Waals surface area contributed by atoms with Gasteiger partial charge in [-0.05, 0) is 12.0 Å². The lowest BCUT2D eigenvalue weighted by atomic mass is 10.1. The third-order valence-corrected chi connectivity index (χ3v) is 2.24. The Balaban J connectivity index is 2.71. The molecule has 2 rings (SSSR count). The third kappa shape index (κ3) is 1.73. The van der Waals surface area contributed by atoms with Gasteiger partial charge in [0.25, 0.3) is 0 Å². The van der Waals surface area contributed by atoms with E-state index in [4.69, 9.17) is 5.84 Å². The number of anilines is 1. The summed E-state index contributed by atoms with van der Waals surface area (Å²) in [6, 6.07) is 1.92. The molecule has 5 heteroatoms. The number of rotatable bonds is 2. The van der Waals surface area contributed by atoms with E-state index in [1.807, 2.05) is 6.07 Å². The second-order valence-electron chi connectivity index (χ2n) is 3.65. The van der Waals surface area contributed by atoms with Gasteiger partial charge >= 0.3 is 0 Å². The van der Waals surface area contributed by atoms with Crippen molar-refractivity contribution in [1.82, 2.24) is 15.0 Å². The van der Waals surface area contributed by atoms with Gasteiger partial charge in [0.2, 0.25) is 0 Å². The molecule has 15 heavy (non-hydrogen) atoms. The number of hydrogen-bond acceptors (Lipinski definition) is 5. The van der Waals surface area contributed by atoms with E-state index in [2.05, 4.69) is 34.2 Å². The first-order valence-electron chi connectivity index (χ1n) is 4.79. The molecule has 0 amide bonds. The minimum atomic E-state index is 0.349. The van der Waals surface area contributed by atoms with Crippen molar-refractivity contribution in [2.45, 2.75) is 19.8 Å². The van der Waals surface area contributed by atoms with Gasteiger partial charge in [-0.2, -0.15) is 0 Å². The zero-order valence-electron chi connectivity index (χ0n) is 8.73. The lowest BCUT2D eigenvalue weighted by Crippen LogP contribution is -2.09. The Morgan fingerprint density at radius 2 is 2.20 bits per heavy atom. The Bertz CT molecular complexity index is 480. The molecule has 2 aromatic heterocycles. The molecule has 0 aliphatic carbocycles. The van der Waals surface area contributed by atoms with Crippen LogP contribution in [0.25, 0.3) is 11.0 Å². The molecule has 0 aliphatic rings. The standard InChI is InChI=1S/C10H13N5/c1-6(2)7-3-8(15-11)10-9(14-7)4-12-5-13-10/h3-6H,11H2,1-2H3,(H,14,15). The molecule has 2 aromatic rings. The molecule has 0 spiro atoms. The molecule has 0 fully saturated rings. The largest absolute Gasteiger partial charge is 0.322 e. The highest BCUT2D eigenvalue weighted by atomic mass is 15.2. The predicted octanol–water partition coefficient (Wildman–Crippen LogP) is 1.43. The van der Waals surface area contributed by atoms with Crippen molar-refractivity contribution < 1.29 is 0 Å². The normalized spacial score (nSPS) is 10.9. The molecule has 5 nitrogen and oxygen atoms in total. The number of aromatic nitrogens is 3. The van der Waals surface area contributed by atoms with Crippen molar-refractivity contribution >= 4 is 16.7 Å². The van der Waals surface area contributed by atoms with Gasteiger partial charge in [0, 0.05) is 5.69 Å². The van der Waals surface area contributed by atoms with Crippen LogP contribution in [0.15, 0.2) is 18.6 Å². The molecule has 0 saturated heterocycles.